The van der Waals surface area contributed by atoms with Crippen molar-refractivity contribution in [2.24, 2.45) is 5.10 Å². The predicted octanol–water partition coefficient (Wildman–Crippen LogP) is 4.22. The minimum absolute atomic E-state index is 0.00781. The largest absolute Gasteiger partial charge is 0.497 e. The first-order chi connectivity index (χ1) is 14.4. The Morgan fingerprint density at radius 2 is 2.03 bits per heavy atom. The molecule has 0 N–H and O–H groups in total. The lowest BCUT2D eigenvalue weighted by atomic mass is 9.98. The molecule has 0 aromatic heterocycles. The van der Waals surface area contributed by atoms with Crippen LogP contribution in [0.25, 0.3) is 0 Å². The first-order valence-electron chi connectivity index (χ1n) is 9.53. The van der Waals surface area contributed by atoms with Gasteiger partial charge in [0.25, 0.3) is 5.69 Å². The van der Waals surface area contributed by atoms with Crippen molar-refractivity contribution in [3.8, 4) is 5.75 Å². The summed E-state index contributed by atoms with van der Waals surface area (Å²) in [5, 5.41) is 17.6. The predicted molar refractivity (Wildman–Crippen MR) is 112 cm³/mol. The van der Waals surface area contributed by atoms with Crippen molar-refractivity contribution >= 4 is 17.4 Å². The van der Waals surface area contributed by atoms with Crippen molar-refractivity contribution < 1.29 is 19.2 Å². The Labute approximate surface area is 174 Å². The molecular formula is C22H23N3O5. The molecule has 0 saturated heterocycles. The van der Waals surface area contributed by atoms with E-state index in [0.29, 0.717) is 23.4 Å². The van der Waals surface area contributed by atoms with Crippen molar-refractivity contribution in [1.29, 1.82) is 0 Å². The Morgan fingerprint density at radius 3 is 2.67 bits per heavy atom. The fourth-order valence-corrected chi connectivity index (χ4v) is 3.32. The topological polar surface area (TPSA) is 94.3 Å². The summed E-state index contributed by atoms with van der Waals surface area (Å²) < 4.78 is 10.2. The monoisotopic (exact) mass is 409 g/mol. The van der Waals surface area contributed by atoms with Crippen LogP contribution in [0.3, 0.4) is 0 Å². The second kappa shape index (κ2) is 9.21. The Kier molecular flexibility index (Phi) is 6.46. The van der Waals surface area contributed by atoms with Gasteiger partial charge in [-0.3, -0.25) is 15.1 Å². The third-order valence-corrected chi connectivity index (χ3v) is 4.78. The lowest BCUT2D eigenvalue weighted by Crippen LogP contribution is -2.18. The summed E-state index contributed by atoms with van der Waals surface area (Å²) in [5.74, 6) is 0.296. The number of nitrogens with zero attached hydrogens (tertiary/aromatic N) is 3. The number of hydrazone groups is 1. The molecule has 156 valence electrons. The van der Waals surface area contributed by atoms with Gasteiger partial charge in [-0.25, -0.2) is 4.79 Å². The van der Waals surface area contributed by atoms with E-state index in [9.17, 15) is 14.9 Å². The zero-order chi connectivity index (χ0) is 21.7. The Morgan fingerprint density at radius 1 is 1.30 bits per heavy atom. The number of hydrogen-bond acceptors (Lipinski definition) is 7. The summed E-state index contributed by atoms with van der Waals surface area (Å²) in [6.07, 6.45) is 1.93. The maximum absolute atomic E-state index is 11.9. The van der Waals surface area contributed by atoms with E-state index in [1.54, 1.807) is 38.1 Å². The first-order valence-corrected chi connectivity index (χ1v) is 9.53. The van der Waals surface area contributed by atoms with Crippen LogP contribution in [0.1, 0.15) is 37.4 Å². The minimum Gasteiger partial charge on any atom is -0.497 e. The zero-order valence-corrected chi connectivity index (χ0v) is 17.1. The van der Waals surface area contributed by atoms with E-state index in [0.717, 1.165) is 11.3 Å². The number of methoxy groups -OCH3 is 1. The van der Waals surface area contributed by atoms with E-state index in [-0.39, 0.29) is 18.3 Å². The molecule has 0 amide bonds. The van der Waals surface area contributed by atoms with Crippen LogP contribution >= 0.6 is 0 Å². The van der Waals surface area contributed by atoms with E-state index in [1.807, 2.05) is 24.3 Å². The van der Waals surface area contributed by atoms with Gasteiger partial charge in [-0.2, -0.15) is 5.10 Å². The highest BCUT2D eigenvalue weighted by molar-refractivity contribution is 6.02. The second-order valence-corrected chi connectivity index (χ2v) is 6.73. The molecule has 0 radical (unpaired) electrons. The summed E-state index contributed by atoms with van der Waals surface area (Å²) in [4.78, 5) is 22.7. The van der Waals surface area contributed by atoms with Crippen LogP contribution in [-0.4, -0.2) is 35.3 Å². The molecule has 3 rings (SSSR count). The van der Waals surface area contributed by atoms with E-state index >= 15 is 0 Å². The summed E-state index contributed by atoms with van der Waals surface area (Å²) in [5.41, 5.74) is 2.99. The molecule has 1 atom stereocenters. The van der Waals surface area contributed by atoms with Crippen LogP contribution in [0.4, 0.5) is 5.69 Å². The number of rotatable bonds is 7. The standard InChI is InChI=1S/C22H23N3O5/c1-4-30-22(26)12-15(2)24-21(16-8-10-19(29-3)11-9-16)14-20(23-24)17-6-5-7-18(13-17)25(27)28/h5-13,21H,4,14H2,1-3H3/b15-12+/t21-/m1/s1. The number of nitro groups is 1. The Balaban J connectivity index is 1.98. The lowest BCUT2D eigenvalue weighted by molar-refractivity contribution is -0.384. The molecule has 2 aromatic rings. The number of ether oxygens (including phenoxy) is 2. The highest BCUT2D eigenvalue weighted by Gasteiger charge is 2.30. The Bertz CT molecular complexity index is 998. The molecular weight excluding hydrogens is 386 g/mol. The number of hydrogen-bond donors (Lipinski definition) is 0. The van der Waals surface area contributed by atoms with Gasteiger partial charge in [-0.1, -0.05) is 24.3 Å². The van der Waals surface area contributed by atoms with Gasteiger partial charge in [0, 0.05) is 35.9 Å². The molecule has 0 unspecified atom stereocenters. The number of allylic oxidation sites excluding steroid dienone is 1. The molecule has 2 aromatic carbocycles. The van der Waals surface area contributed by atoms with Gasteiger partial charge in [-0.15, -0.1) is 0 Å². The second-order valence-electron chi connectivity index (χ2n) is 6.73. The zero-order valence-electron chi connectivity index (χ0n) is 17.1. The summed E-state index contributed by atoms with van der Waals surface area (Å²) in [7, 11) is 1.60. The van der Waals surface area contributed by atoms with Gasteiger partial charge in [0.15, 0.2) is 0 Å². The summed E-state index contributed by atoms with van der Waals surface area (Å²) in [6.45, 7) is 3.82. The number of non-ortho nitro benzene ring substituents is 1. The fraction of sp³-hybridized carbons (Fsp3) is 0.273. The van der Waals surface area contributed by atoms with Gasteiger partial charge in [-0.05, 0) is 31.5 Å². The number of benzene rings is 2. The minimum atomic E-state index is -0.442. The maximum atomic E-state index is 11.9. The van der Waals surface area contributed by atoms with Gasteiger partial charge >= 0.3 is 5.97 Å². The molecule has 8 heteroatoms. The van der Waals surface area contributed by atoms with Gasteiger partial charge in [0.05, 0.1) is 30.4 Å². The van der Waals surface area contributed by atoms with Crippen LogP contribution in [0.15, 0.2) is 65.4 Å². The maximum Gasteiger partial charge on any atom is 0.332 e. The molecule has 0 fully saturated rings. The Hall–Kier alpha value is -3.68. The average molecular weight is 409 g/mol. The normalized spacial score (nSPS) is 16.2. The quantitative estimate of drug-likeness (QED) is 0.294. The number of nitro benzene ring substituents is 1. The molecule has 1 aliphatic heterocycles. The number of esters is 1. The van der Waals surface area contributed by atoms with Crippen LogP contribution in [0, 0.1) is 10.1 Å². The van der Waals surface area contributed by atoms with Crippen LogP contribution in [-0.2, 0) is 9.53 Å². The highest BCUT2D eigenvalue weighted by atomic mass is 16.6. The van der Waals surface area contributed by atoms with E-state index in [4.69, 9.17) is 14.6 Å². The van der Waals surface area contributed by atoms with Crippen molar-refractivity contribution in [3.63, 3.8) is 0 Å². The smallest absolute Gasteiger partial charge is 0.332 e. The first kappa shape index (κ1) is 21.0. The lowest BCUT2D eigenvalue weighted by Gasteiger charge is -2.24. The average Bonchev–Trinajstić information content (AvgIpc) is 3.20. The molecule has 0 bridgehead atoms. The molecule has 0 saturated carbocycles. The molecule has 0 aliphatic carbocycles. The molecule has 30 heavy (non-hydrogen) atoms. The van der Waals surface area contributed by atoms with E-state index < -0.39 is 10.9 Å². The summed E-state index contributed by atoms with van der Waals surface area (Å²) in [6, 6.07) is 13.8. The van der Waals surface area contributed by atoms with Crippen molar-refractivity contribution in [1.82, 2.24) is 5.01 Å². The molecule has 0 spiro atoms. The third-order valence-electron chi connectivity index (χ3n) is 4.78. The van der Waals surface area contributed by atoms with Crippen LogP contribution < -0.4 is 4.74 Å². The highest BCUT2D eigenvalue weighted by Crippen LogP contribution is 2.36. The van der Waals surface area contributed by atoms with Crippen LogP contribution in [0.5, 0.6) is 5.75 Å². The summed E-state index contributed by atoms with van der Waals surface area (Å²) >= 11 is 0. The molecule has 1 heterocycles. The third kappa shape index (κ3) is 4.65. The molecule has 1 aliphatic rings. The SMILES string of the molecule is CCOC(=O)/C=C(\C)N1N=C(c2cccc([N+](=O)[O-])c2)C[C@@H]1c1ccc(OC)cc1. The van der Waals surface area contributed by atoms with Gasteiger partial charge in [0.1, 0.15) is 5.75 Å². The van der Waals surface area contributed by atoms with Crippen molar-refractivity contribution in [2.75, 3.05) is 13.7 Å². The van der Waals surface area contributed by atoms with Crippen molar-refractivity contribution in [2.45, 2.75) is 26.3 Å². The fourth-order valence-electron chi connectivity index (χ4n) is 3.32. The van der Waals surface area contributed by atoms with E-state index in [2.05, 4.69) is 0 Å². The molecule has 8 nitrogen and oxygen atoms in total. The number of carbonyl (C=O) groups is 1. The van der Waals surface area contributed by atoms with Gasteiger partial charge in [0.2, 0.25) is 0 Å². The van der Waals surface area contributed by atoms with Crippen LogP contribution in [0.2, 0.25) is 0 Å². The van der Waals surface area contributed by atoms with Crippen molar-refractivity contribution in [3.05, 3.63) is 81.5 Å². The van der Waals surface area contributed by atoms with E-state index in [1.165, 1.54) is 18.2 Å². The number of carbonyl (C=O) groups excluding carboxylic acids is 1. The van der Waals surface area contributed by atoms with Gasteiger partial charge < -0.3 is 9.47 Å².